The van der Waals surface area contributed by atoms with Crippen molar-refractivity contribution in [2.45, 2.75) is 13.8 Å². The third-order valence-corrected chi connectivity index (χ3v) is 3.51. The normalized spacial score (nSPS) is 10.9. The number of aryl methyl sites for hydroxylation is 1. The highest BCUT2D eigenvalue weighted by Crippen LogP contribution is 2.20. The van der Waals surface area contributed by atoms with Crippen molar-refractivity contribution < 1.29 is 27.9 Å². The molecule has 0 amide bonds. The number of sulfonamides is 1. The van der Waals surface area contributed by atoms with Crippen molar-refractivity contribution in [3.63, 3.8) is 0 Å². The second-order valence-electron chi connectivity index (χ2n) is 3.97. The zero-order valence-corrected chi connectivity index (χ0v) is 11.9. The molecule has 110 valence electrons. The van der Waals surface area contributed by atoms with Crippen LogP contribution in [-0.4, -0.2) is 37.8 Å². The molecule has 0 aromatic heterocycles. The van der Waals surface area contributed by atoms with Crippen LogP contribution in [0, 0.1) is 6.92 Å². The number of rotatable bonds is 6. The summed E-state index contributed by atoms with van der Waals surface area (Å²) in [5, 5.41) is 9.08. The predicted octanol–water partition coefficient (Wildman–Crippen LogP) is 0.998. The Morgan fingerprint density at radius 3 is 2.55 bits per heavy atom. The summed E-state index contributed by atoms with van der Waals surface area (Å²) in [6.45, 7) is 3.17. The largest absolute Gasteiger partial charge is 0.478 e. The molecule has 0 unspecified atom stereocenters. The summed E-state index contributed by atoms with van der Waals surface area (Å²) in [4.78, 5) is 22.3. The van der Waals surface area contributed by atoms with Crippen LogP contribution < -0.4 is 4.72 Å². The Balaban J connectivity index is 3.01. The van der Waals surface area contributed by atoms with E-state index in [1.807, 2.05) is 0 Å². The minimum Gasteiger partial charge on any atom is -0.478 e. The summed E-state index contributed by atoms with van der Waals surface area (Å²) < 4.78 is 30.2. The van der Waals surface area contributed by atoms with Crippen molar-refractivity contribution in [1.29, 1.82) is 0 Å². The first kappa shape index (κ1) is 16.0. The molecule has 0 aliphatic carbocycles. The smallest absolute Gasteiger partial charge is 0.338 e. The SMILES string of the molecule is CCOC(=O)CS(=O)(=O)Nc1cccc(C)c1C(=O)O. The lowest BCUT2D eigenvalue weighted by molar-refractivity contribution is -0.139. The molecule has 8 heteroatoms. The predicted molar refractivity (Wildman–Crippen MR) is 72.2 cm³/mol. The Kier molecular flexibility index (Phi) is 5.09. The van der Waals surface area contributed by atoms with Crippen molar-refractivity contribution in [3.05, 3.63) is 29.3 Å². The molecule has 1 aromatic carbocycles. The van der Waals surface area contributed by atoms with Crippen molar-refractivity contribution >= 4 is 27.6 Å². The topological polar surface area (TPSA) is 110 Å². The van der Waals surface area contributed by atoms with Crippen molar-refractivity contribution in [2.24, 2.45) is 0 Å². The average Bonchev–Trinajstić information content (AvgIpc) is 2.26. The number of carbonyl (C=O) groups is 2. The Labute approximate surface area is 116 Å². The van der Waals surface area contributed by atoms with Crippen LogP contribution in [0.5, 0.6) is 0 Å². The molecule has 7 nitrogen and oxygen atoms in total. The molecule has 0 saturated heterocycles. The molecule has 1 rings (SSSR count). The van der Waals surface area contributed by atoms with Gasteiger partial charge in [-0.25, -0.2) is 13.2 Å². The minimum absolute atomic E-state index is 0.0686. The lowest BCUT2D eigenvalue weighted by Gasteiger charge is -2.11. The van der Waals surface area contributed by atoms with Crippen LogP contribution in [0.2, 0.25) is 0 Å². The van der Waals surface area contributed by atoms with Gasteiger partial charge in [0.05, 0.1) is 17.9 Å². The molecule has 0 saturated carbocycles. The van der Waals surface area contributed by atoms with E-state index in [-0.39, 0.29) is 17.9 Å². The average molecular weight is 301 g/mol. The van der Waals surface area contributed by atoms with Gasteiger partial charge < -0.3 is 9.84 Å². The van der Waals surface area contributed by atoms with Gasteiger partial charge in [-0.2, -0.15) is 0 Å². The Hall–Kier alpha value is -2.09. The third kappa shape index (κ3) is 4.23. The number of benzene rings is 1. The van der Waals surface area contributed by atoms with Crippen molar-refractivity contribution in [3.8, 4) is 0 Å². The summed E-state index contributed by atoms with van der Waals surface area (Å²) in [5.74, 6) is -3.02. The molecule has 0 spiro atoms. The van der Waals surface area contributed by atoms with Crippen LogP contribution in [0.3, 0.4) is 0 Å². The Bertz CT molecular complexity index is 623. The van der Waals surface area contributed by atoms with E-state index in [1.54, 1.807) is 19.9 Å². The van der Waals surface area contributed by atoms with Gasteiger partial charge in [0.15, 0.2) is 5.75 Å². The van der Waals surface area contributed by atoms with Crippen LogP contribution in [-0.2, 0) is 19.6 Å². The summed E-state index contributed by atoms with van der Waals surface area (Å²) in [5.41, 5.74) is 0.176. The standard InChI is InChI=1S/C12H15NO6S/c1-3-19-10(14)7-20(17,18)13-9-6-4-5-8(2)11(9)12(15)16/h4-6,13H,3,7H2,1-2H3,(H,15,16). The highest BCUT2D eigenvalue weighted by molar-refractivity contribution is 7.93. The molecule has 2 N–H and O–H groups in total. The van der Waals surface area contributed by atoms with E-state index in [2.05, 4.69) is 9.46 Å². The first-order chi connectivity index (χ1) is 9.26. The van der Waals surface area contributed by atoms with E-state index in [0.717, 1.165) is 0 Å². The molecular weight excluding hydrogens is 286 g/mol. The van der Waals surface area contributed by atoms with Gasteiger partial charge in [0.25, 0.3) is 0 Å². The number of carboxylic acid groups (broad SMARTS) is 1. The Morgan fingerprint density at radius 1 is 1.35 bits per heavy atom. The number of carboxylic acids is 1. The van der Waals surface area contributed by atoms with Crippen molar-refractivity contribution in [1.82, 2.24) is 0 Å². The maximum Gasteiger partial charge on any atom is 0.338 e. The zero-order chi connectivity index (χ0) is 15.3. The number of anilines is 1. The summed E-state index contributed by atoms with van der Waals surface area (Å²) >= 11 is 0. The molecule has 0 radical (unpaired) electrons. The van der Waals surface area contributed by atoms with Gasteiger partial charge in [0.1, 0.15) is 0 Å². The van der Waals surface area contributed by atoms with E-state index < -0.39 is 27.7 Å². The van der Waals surface area contributed by atoms with E-state index in [4.69, 9.17) is 5.11 Å². The molecular formula is C12H15NO6S. The first-order valence-electron chi connectivity index (χ1n) is 5.76. The van der Waals surface area contributed by atoms with Crippen LogP contribution in [0.15, 0.2) is 18.2 Å². The van der Waals surface area contributed by atoms with E-state index in [1.165, 1.54) is 12.1 Å². The highest BCUT2D eigenvalue weighted by Gasteiger charge is 2.21. The van der Waals surface area contributed by atoms with E-state index in [0.29, 0.717) is 5.56 Å². The second-order valence-corrected chi connectivity index (χ2v) is 5.69. The molecule has 0 atom stereocenters. The fraction of sp³-hybridized carbons (Fsp3) is 0.333. The van der Waals surface area contributed by atoms with Crippen LogP contribution in [0.1, 0.15) is 22.8 Å². The molecule has 0 fully saturated rings. The lowest BCUT2D eigenvalue weighted by Crippen LogP contribution is -2.25. The number of carbonyl (C=O) groups excluding carboxylic acids is 1. The zero-order valence-electron chi connectivity index (χ0n) is 11.0. The quantitative estimate of drug-likeness (QED) is 0.758. The number of ether oxygens (including phenoxy) is 1. The fourth-order valence-electron chi connectivity index (χ4n) is 1.60. The summed E-state index contributed by atoms with van der Waals surface area (Å²) in [6, 6.07) is 4.38. The number of aromatic carboxylic acids is 1. The van der Waals surface area contributed by atoms with Gasteiger partial charge in [-0.1, -0.05) is 12.1 Å². The van der Waals surface area contributed by atoms with Crippen LogP contribution >= 0.6 is 0 Å². The van der Waals surface area contributed by atoms with Crippen LogP contribution in [0.4, 0.5) is 5.69 Å². The third-order valence-electron chi connectivity index (χ3n) is 2.37. The first-order valence-corrected chi connectivity index (χ1v) is 7.41. The van der Waals surface area contributed by atoms with Crippen molar-refractivity contribution in [2.75, 3.05) is 17.1 Å². The van der Waals surface area contributed by atoms with Gasteiger partial charge in [0, 0.05) is 0 Å². The maximum absolute atomic E-state index is 11.8. The highest BCUT2D eigenvalue weighted by atomic mass is 32.2. The van der Waals surface area contributed by atoms with Gasteiger partial charge in [-0.3, -0.25) is 9.52 Å². The van der Waals surface area contributed by atoms with E-state index >= 15 is 0 Å². The van der Waals surface area contributed by atoms with Gasteiger partial charge in [-0.05, 0) is 25.5 Å². The fourth-order valence-corrected chi connectivity index (χ4v) is 2.57. The Morgan fingerprint density at radius 2 is 2.00 bits per heavy atom. The molecule has 0 aliphatic heterocycles. The number of nitrogens with one attached hydrogen (secondary N) is 1. The molecule has 1 aromatic rings. The van der Waals surface area contributed by atoms with Gasteiger partial charge in [0.2, 0.25) is 10.0 Å². The van der Waals surface area contributed by atoms with Gasteiger partial charge in [-0.15, -0.1) is 0 Å². The van der Waals surface area contributed by atoms with Crippen LogP contribution in [0.25, 0.3) is 0 Å². The lowest BCUT2D eigenvalue weighted by atomic mass is 10.1. The molecule has 0 heterocycles. The molecule has 0 aliphatic rings. The summed E-state index contributed by atoms with van der Waals surface area (Å²) in [6.07, 6.45) is 0. The maximum atomic E-state index is 11.8. The van der Waals surface area contributed by atoms with Gasteiger partial charge >= 0.3 is 11.9 Å². The number of hydrogen-bond donors (Lipinski definition) is 2. The molecule has 20 heavy (non-hydrogen) atoms. The second kappa shape index (κ2) is 6.38. The monoisotopic (exact) mass is 301 g/mol. The minimum atomic E-state index is -4.02. The number of hydrogen-bond acceptors (Lipinski definition) is 5. The summed E-state index contributed by atoms with van der Waals surface area (Å²) in [7, 11) is -4.02. The molecule has 0 bridgehead atoms. The number of esters is 1. The van der Waals surface area contributed by atoms with E-state index in [9.17, 15) is 18.0 Å².